The van der Waals surface area contributed by atoms with Crippen molar-refractivity contribution in [1.29, 1.82) is 0 Å². The highest BCUT2D eigenvalue weighted by molar-refractivity contribution is 7.07. The highest BCUT2D eigenvalue weighted by Crippen LogP contribution is 2.12. The van der Waals surface area contributed by atoms with Crippen molar-refractivity contribution < 1.29 is 0 Å². The van der Waals surface area contributed by atoms with Crippen molar-refractivity contribution >= 4 is 11.3 Å². The van der Waals surface area contributed by atoms with Gasteiger partial charge in [-0.25, -0.2) is 4.98 Å². The van der Waals surface area contributed by atoms with Crippen LogP contribution in [0.4, 0.5) is 0 Å². The molecule has 1 atom stereocenters. The minimum atomic E-state index is 0.368. The largest absolute Gasteiger partial charge is 0.327 e. The lowest BCUT2D eigenvalue weighted by Gasteiger charge is -2.29. The Morgan fingerprint density at radius 3 is 3.31 bits per heavy atom. The van der Waals surface area contributed by atoms with Gasteiger partial charge in [0.25, 0.3) is 0 Å². The second-order valence-corrected chi connectivity index (χ2v) is 4.34. The molecule has 0 saturated carbocycles. The first kappa shape index (κ1) is 9.12. The summed E-state index contributed by atoms with van der Waals surface area (Å²) in [6.07, 6.45) is 2.40. The topological polar surface area (TPSA) is 42.1 Å². The molecule has 0 bridgehead atoms. The second kappa shape index (κ2) is 4.17. The van der Waals surface area contributed by atoms with Gasteiger partial charge in [0, 0.05) is 24.5 Å². The van der Waals surface area contributed by atoms with E-state index in [1.54, 1.807) is 11.3 Å². The Morgan fingerprint density at radius 1 is 1.69 bits per heavy atom. The Balaban J connectivity index is 1.87. The third-order valence-electron chi connectivity index (χ3n) is 2.41. The first-order chi connectivity index (χ1) is 6.34. The van der Waals surface area contributed by atoms with Crippen LogP contribution in [0, 0.1) is 0 Å². The van der Waals surface area contributed by atoms with Crippen LogP contribution < -0.4 is 5.73 Å². The quantitative estimate of drug-likeness (QED) is 0.771. The molecule has 1 saturated heterocycles. The molecule has 0 radical (unpaired) electrons. The number of hydrogen-bond donors (Lipinski definition) is 1. The Bertz CT molecular complexity index is 247. The monoisotopic (exact) mass is 197 g/mol. The number of nitrogens with zero attached hydrogens (tertiary/aromatic N) is 2. The van der Waals surface area contributed by atoms with E-state index < -0.39 is 0 Å². The van der Waals surface area contributed by atoms with E-state index in [1.807, 2.05) is 5.51 Å². The predicted molar refractivity (Wildman–Crippen MR) is 54.6 cm³/mol. The maximum Gasteiger partial charge on any atom is 0.0795 e. The zero-order chi connectivity index (χ0) is 9.10. The van der Waals surface area contributed by atoms with Gasteiger partial charge in [-0.05, 0) is 19.4 Å². The van der Waals surface area contributed by atoms with E-state index in [0.29, 0.717) is 6.04 Å². The summed E-state index contributed by atoms with van der Waals surface area (Å²) in [4.78, 5) is 6.66. The van der Waals surface area contributed by atoms with Gasteiger partial charge in [0.15, 0.2) is 0 Å². The molecule has 1 aromatic heterocycles. The summed E-state index contributed by atoms with van der Waals surface area (Å²) in [6.45, 7) is 3.17. The van der Waals surface area contributed by atoms with E-state index in [4.69, 9.17) is 5.73 Å². The Labute approximate surface area is 82.6 Å². The smallest absolute Gasteiger partial charge is 0.0795 e. The van der Waals surface area contributed by atoms with Gasteiger partial charge in [0.05, 0.1) is 11.2 Å². The average molecular weight is 197 g/mol. The highest BCUT2D eigenvalue weighted by atomic mass is 32.1. The molecular formula is C9H15N3S. The van der Waals surface area contributed by atoms with Crippen LogP contribution in [0.2, 0.25) is 0 Å². The maximum atomic E-state index is 5.89. The van der Waals surface area contributed by atoms with Gasteiger partial charge < -0.3 is 5.73 Å². The second-order valence-electron chi connectivity index (χ2n) is 3.62. The van der Waals surface area contributed by atoms with E-state index in [-0.39, 0.29) is 0 Å². The van der Waals surface area contributed by atoms with Crippen molar-refractivity contribution in [2.75, 3.05) is 13.1 Å². The van der Waals surface area contributed by atoms with Gasteiger partial charge in [-0.1, -0.05) is 0 Å². The zero-order valence-corrected chi connectivity index (χ0v) is 8.46. The molecule has 0 aromatic carbocycles. The van der Waals surface area contributed by atoms with E-state index >= 15 is 0 Å². The number of nitrogens with two attached hydrogens (primary N) is 1. The molecule has 2 heterocycles. The molecule has 0 aliphatic carbocycles. The number of thiazole rings is 1. The van der Waals surface area contributed by atoms with E-state index in [2.05, 4.69) is 15.3 Å². The minimum Gasteiger partial charge on any atom is -0.327 e. The van der Waals surface area contributed by atoms with Crippen LogP contribution in [0.5, 0.6) is 0 Å². The van der Waals surface area contributed by atoms with Crippen molar-refractivity contribution in [1.82, 2.24) is 9.88 Å². The molecule has 1 aliphatic rings. The summed E-state index contributed by atoms with van der Waals surface area (Å²) >= 11 is 1.66. The van der Waals surface area contributed by atoms with Crippen LogP contribution in [-0.2, 0) is 6.54 Å². The number of hydrogen-bond acceptors (Lipinski definition) is 4. The van der Waals surface area contributed by atoms with Gasteiger partial charge >= 0.3 is 0 Å². The molecule has 1 unspecified atom stereocenters. The molecule has 4 heteroatoms. The summed E-state index contributed by atoms with van der Waals surface area (Å²) in [5.74, 6) is 0. The summed E-state index contributed by atoms with van der Waals surface area (Å²) < 4.78 is 0. The van der Waals surface area contributed by atoms with Crippen LogP contribution in [0.15, 0.2) is 10.9 Å². The van der Waals surface area contributed by atoms with Crippen LogP contribution in [0.1, 0.15) is 18.5 Å². The molecule has 0 amide bonds. The molecule has 1 fully saturated rings. The maximum absolute atomic E-state index is 5.89. The third kappa shape index (κ3) is 2.49. The third-order valence-corrected chi connectivity index (χ3v) is 3.05. The van der Waals surface area contributed by atoms with E-state index in [0.717, 1.165) is 13.1 Å². The Hall–Kier alpha value is -0.450. The first-order valence-corrected chi connectivity index (χ1v) is 5.64. The van der Waals surface area contributed by atoms with Gasteiger partial charge in [-0.2, -0.15) is 0 Å². The van der Waals surface area contributed by atoms with Crippen molar-refractivity contribution in [3.05, 3.63) is 16.6 Å². The van der Waals surface area contributed by atoms with E-state index in [9.17, 15) is 0 Å². The van der Waals surface area contributed by atoms with Crippen molar-refractivity contribution in [2.24, 2.45) is 5.73 Å². The van der Waals surface area contributed by atoms with E-state index in [1.165, 1.54) is 25.1 Å². The van der Waals surface area contributed by atoms with Gasteiger partial charge in [-0.3, -0.25) is 4.90 Å². The molecule has 0 spiro atoms. The lowest BCUT2D eigenvalue weighted by Crippen LogP contribution is -2.42. The lowest BCUT2D eigenvalue weighted by molar-refractivity contribution is 0.200. The molecule has 2 N–H and O–H groups in total. The molecule has 3 nitrogen and oxygen atoms in total. The highest BCUT2D eigenvalue weighted by Gasteiger charge is 2.16. The van der Waals surface area contributed by atoms with Gasteiger partial charge in [0.1, 0.15) is 0 Å². The fourth-order valence-corrected chi connectivity index (χ4v) is 2.33. The predicted octanol–water partition coefficient (Wildman–Crippen LogP) is 1.07. The SMILES string of the molecule is NC1CCCN(Cc2cscn2)C1. The number of aromatic nitrogens is 1. The number of likely N-dealkylation sites (tertiary alicyclic amines) is 1. The Kier molecular flexibility index (Phi) is 2.93. The lowest BCUT2D eigenvalue weighted by atomic mass is 10.1. The van der Waals surface area contributed by atoms with Crippen molar-refractivity contribution in [3.63, 3.8) is 0 Å². The summed E-state index contributed by atoms with van der Waals surface area (Å²) in [5, 5.41) is 2.11. The fraction of sp³-hybridized carbons (Fsp3) is 0.667. The van der Waals surface area contributed by atoms with Crippen molar-refractivity contribution in [2.45, 2.75) is 25.4 Å². The summed E-state index contributed by atoms with van der Waals surface area (Å²) in [5.41, 5.74) is 8.96. The van der Waals surface area contributed by atoms with Gasteiger partial charge in [0.2, 0.25) is 0 Å². The van der Waals surface area contributed by atoms with Crippen LogP contribution >= 0.6 is 11.3 Å². The van der Waals surface area contributed by atoms with Crippen molar-refractivity contribution in [3.8, 4) is 0 Å². The molecule has 13 heavy (non-hydrogen) atoms. The van der Waals surface area contributed by atoms with Crippen LogP contribution in [0.3, 0.4) is 0 Å². The first-order valence-electron chi connectivity index (χ1n) is 4.69. The summed E-state index contributed by atoms with van der Waals surface area (Å²) in [7, 11) is 0. The zero-order valence-electron chi connectivity index (χ0n) is 7.65. The summed E-state index contributed by atoms with van der Waals surface area (Å²) in [6, 6.07) is 0.368. The number of piperidine rings is 1. The van der Waals surface area contributed by atoms with Crippen LogP contribution in [-0.4, -0.2) is 29.0 Å². The minimum absolute atomic E-state index is 0.368. The molecular weight excluding hydrogens is 182 g/mol. The normalized spacial score (nSPS) is 24.8. The molecule has 2 rings (SSSR count). The average Bonchev–Trinajstić information content (AvgIpc) is 2.57. The Morgan fingerprint density at radius 2 is 2.62 bits per heavy atom. The standard InChI is InChI=1S/C9H15N3S/c10-8-2-1-3-12(4-8)5-9-6-13-7-11-9/h6-8H,1-5,10H2. The van der Waals surface area contributed by atoms with Crippen LogP contribution in [0.25, 0.3) is 0 Å². The van der Waals surface area contributed by atoms with Gasteiger partial charge in [-0.15, -0.1) is 11.3 Å². The fourth-order valence-electron chi connectivity index (χ4n) is 1.78. The molecule has 1 aromatic rings. The molecule has 72 valence electrons. The molecule has 1 aliphatic heterocycles. The number of rotatable bonds is 2.